The van der Waals surface area contributed by atoms with Crippen LogP contribution in [0.1, 0.15) is 0 Å². The van der Waals surface area contributed by atoms with Crippen molar-refractivity contribution >= 4 is 20.8 Å². The van der Waals surface area contributed by atoms with E-state index in [-0.39, 0.29) is 4.90 Å². The Morgan fingerprint density at radius 2 is 1.38 bits per heavy atom. The summed E-state index contributed by atoms with van der Waals surface area (Å²) in [5.74, 6) is 0. The summed E-state index contributed by atoms with van der Waals surface area (Å²) in [5.41, 5.74) is 1.56. The molecule has 0 saturated carbocycles. The first kappa shape index (κ1) is 14.7. The fourth-order valence-electron chi connectivity index (χ4n) is 2.94. The van der Waals surface area contributed by atoms with Crippen LogP contribution in [0.5, 0.6) is 0 Å². The highest BCUT2D eigenvalue weighted by Gasteiger charge is 2.20. The van der Waals surface area contributed by atoms with Gasteiger partial charge in [-0.1, -0.05) is 60.7 Å². The van der Waals surface area contributed by atoms with Crippen LogP contribution in [-0.2, 0) is 10.0 Å². The van der Waals surface area contributed by atoms with Crippen LogP contribution in [-0.4, -0.2) is 12.4 Å². The average molecular weight is 333 g/mol. The van der Waals surface area contributed by atoms with Crippen LogP contribution < -0.4 is 0 Å². The lowest BCUT2D eigenvalue weighted by Crippen LogP contribution is -2.13. The van der Waals surface area contributed by atoms with Gasteiger partial charge in [0.05, 0.1) is 10.6 Å². The molecule has 0 N–H and O–H groups in total. The first-order valence-corrected chi connectivity index (χ1v) is 9.08. The molecule has 0 amide bonds. The molecule has 0 fully saturated rings. The van der Waals surface area contributed by atoms with Gasteiger partial charge in [-0.3, -0.25) is 0 Å². The summed E-state index contributed by atoms with van der Waals surface area (Å²) >= 11 is 0. The van der Waals surface area contributed by atoms with E-state index >= 15 is 0 Å². The molecular formula is C20H15NO2S. The minimum atomic E-state index is -3.63. The first-order chi connectivity index (χ1) is 11.7. The molecule has 1 heterocycles. The molecule has 4 heteroatoms. The number of benzene rings is 3. The van der Waals surface area contributed by atoms with E-state index in [9.17, 15) is 8.42 Å². The topological polar surface area (TPSA) is 39.1 Å². The zero-order valence-electron chi connectivity index (χ0n) is 12.8. The van der Waals surface area contributed by atoms with Gasteiger partial charge in [-0.15, -0.1) is 0 Å². The monoisotopic (exact) mass is 333 g/mol. The van der Waals surface area contributed by atoms with Crippen LogP contribution in [0, 0.1) is 0 Å². The molecule has 0 spiro atoms. The predicted molar refractivity (Wildman–Crippen MR) is 96.4 cm³/mol. The fourth-order valence-corrected chi connectivity index (χ4v) is 4.32. The number of fused-ring (bicyclic) bond motifs is 1. The third-order valence-corrected chi connectivity index (χ3v) is 5.78. The normalized spacial score (nSPS) is 11.7. The van der Waals surface area contributed by atoms with Crippen molar-refractivity contribution in [3.63, 3.8) is 0 Å². The quantitative estimate of drug-likeness (QED) is 0.552. The molecule has 0 atom stereocenters. The van der Waals surface area contributed by atoms with Crippen molar-refractivity contribution in [3.05, 3.63) is 91.1 Å². The van der Waals surface area contributed by atoms with Crippen molar-refractivity contribution in [2.45, 2.75) is 4.90 Å². The summed E-state index contributed by atoms with van der Waals surface area (Å²) in [4.78, 5) is 0.280. The Labute approximate surface area is 140 Å². The van der Waals surface area contributed by atoms with Gasteiger partial charge < -0.3 is 0 Å². The molecule has 0 bridgehead atoms. The maximum absolute atomic E-state index is 13.0. The van der Waals surface area contributed by atoms with Crippen LogP contribution in [0.4, 0.5) is 0 Å². The second kappa shape index (κ2) is 5.65. The van der Waals surface area contributed by atoms with E-state index in [4.69, 9.17) is 0 Å². The van der Waals surface area contributed by atoms with Crippen LogP contribution in [0.2, 0.25) is 0 Å². The molecule has 3 aromatic carbocycles. The Hall–Kier alpha value is -2.85. The van der Waals surface area contributed by atoms with E-state index in [1.165, 1.54) is 3.97 Å². The highest BCUT2D eigenvalue weighted by Crippen LogP contribution is 2.31. The van der Waals surface area contributed by atoms with Crippen molar-refractivity contribution in [2.75, 3.05) is 0 Å². The molecule has 3 nitrogen and oxygen atoms in total. The molecule has 0 aliphatic rings. The molecule has 0 aliphatic heterocycles. The van der Waals surface area contributed by atoms with Crippen molar-refractivity contribution < 1.29 is 8.42 Å². The molecular weight excluding hydrogens is 318 g/mol. The van der Waals surface area contributed by atoms with E-state index in [1.807, 2.05) is 48.5 Å². The molecule has 0 unspecified atom stereocenters. The zero-order chi connectivity index (χ0) is 16.6. The van der Waals surface area contributed by atoms with Gasteiger partial charge in [-0.2, -0.15) is 0 Å². The number of aromatic nitrogens is 1. The van der Waals surface area contributed by atoms with Crippen molar-refractivity contribution in [2.24, 2.45) is 0 Å². The number of nitrogens with zero attached hydrogens (tertiary/aromatic N) is 1. The third kappa shape index (κ3) is 2.32. The number of rotatable bonds is 3. The van der Waals surface area contributed by atoms with E-state index in [1.54, 1.807) is 42.6 Å². The standard InChI is InChI=1S/C20H15NO2S/c22-24(23,17-10-2-1-3-11-17)21-15-7-14-20(21)19-13-6-9-16-8-4-5-12-18(16)19/h1-15H. The highest BCUT2D eigenvalue weighted by atomic mass is 32.2. The maximum Gasteiger partial charge on any atom is 0.268 e. The zero-order valence-corrected chi connectivity index (χ0v) is 13.6. The minimum absolute atomic E-state index is 0.280. The Morgan fingerprint density at radius 1 is 0.667 bits per heavy atom. The van der Waals surface area contributed by atoms with E-state index in [0.29, 0.717) is 5.69 Å². The second-order valence-corrected chi connectivity index (χ2v) is 7.35. The van der Waals surface area contributed by atoms with Gasteiger partial charge in [0.25, 0.3) is 10.0 Å². The summed E-state index contributed by atoms with van der Waals surface area (Å²) in [5, 5.41) is 2.11. The van der Waals surface area contributed by atoms with E-state index in [2.05, 4.69) is 0 Å². The van der Waals surface area contributed by atoms with Gasteiger partial charge in [0.15, 0.2) is 0 Å². The summed E-state index contributed by atoms with van der Waals surface area (Å²) in [7, 11) is -3.63. The van der Waals surface area contributed by atoms with E-state index < -0.39 is 10.0 Å². The molecule has 24 heavy (non-hydrogen) atoms. The maximum atomic E-state index is 13.0. The van der Waals surface area contributed by atoms with E-state index in [0.717, 1.165) is 16.3 Å². The number of hydrogen-bond donors (Lipinski definition) is 0. The molecule has 0 saturated heterocycles. The van der Waals surface area contributed by atoms with Crippen LogP contribution in [0.3, 0.4) is 0 Å². The lowest BCUT2D eigenvalue weighted by Gasteiger charge is -2.12. The van der Waals surface area contributed by atoms with Gasteiger partial charge in [-0.25, -0.2) is 12.4 Å². The Bertz CT molecular complexity index is 1110. The predicted octanol–water partition coefficient (Wildman–Crippen LogP) is 4.55. The van der Waals surface area contributed by atoms with Gasteiger partial charge >= 0.3 is 0 Å². The lowest BCUT2D eigenvalue weighted by molar-refractivity contribution is 0.588. The Kier molecular flexibility index (Phi) is 3.47. The average Bonchev–Trinajstić information content (AvgIpc) is 3.12. The van der Waals surface area contributed by atoms with Crippen molar-refractivity contribution in [1.82, 2.24) is 3.97 Å². The molecule has 118 valence electrons. The van der Waals surface area contributed by atoms with Crippen molar-refractivity contribution in [3.8, 4) is 11.3 Å². The Balaban J connectivity index is 1.96. The largest absolute Gasteiger partial charge is 0.268 e. The molecule has 4 aromatic rings. The van der Waals surface area contributed by atoms with Gasteiger partial charge in [-0.05, 0) is 35.0 Å². The number of hydrogen-bond acceptors (Lipinski definition) is 2. The van der Waals surface area contributed by atoms with Gasteiger partial charge in [0.1, 0.15) is 0 Å². The van der Waals surface area contributed by atoms with Crippen LogP contribution >= 0.6 is 0 Å². The van der Waals surface area contributed by atoms with Crippen LogP contribution in [0.15, 0.2) is 96.0 Å². The van der Waals surface area contributed by atoms with Crippen molar-refractivity contribution in [1.29, 1.82) is 0 Å². The minimum Gasteiger partial charge on any atom is -0.241 e. The SMILES string of the molecule is O=S(=O)(c1ccccc1)n1cccc1-c1cccc2ccccc12. The molecule has 4 rings (SSSR count). The van der Waals surface area contributed by atoms with Gasteiger partial charge in [0, 0.05) is 11.8 Å². The summed E-state index contributed by atoms with van der Waals surface area (Å²) in [6, 6.07) is 26.0. The fraction of sp³-hybridized carbons (Fsp3) is 0. The first-order valence-electron chi connectivity index (χ1n) is 7.64. The third-order valence-electron chi connectivity index (χ3n) is 4.08. The van der Waals surface area contributed by atoms with Crippen LogP contribution in [0.25, 0.3) is 22.0 Å². The highest BCUT2D eigenvalue weighted by molar-refractivity contribution is 7.90. The Morgan fingerprint density at radius 3 is 2.21 bits per heavy atom. The summed E-state index contributed by atoms with van der Waals surface area (Å²) in [6.45, 7) is 0. The lowest BCUT2D eigenvalue weighted by atomic mass is 10.0. The summed E-state index contributed by atoms with van der Waals surface area (Å²) < 4.78 is 27.3. The second-order valence-electron chi connectivity index (χ2n) is 5.53. The molecule has 0 aliphatic carbocycles. The smallest absolute Gasteiger partial charge is 0.241 e. The molecule has 0 radical (unpaired) electrons. The molecule has 1 aromatic heterocycles. The van der Waals surface area contributed by atoms with Gasteiger partial charge in [0.2, 0.25) is 0 Å². The summed E-state index contributed by atoms with van der Waals surface area (Å²) in [6.07, 6.45) is 1.60.